The number of ether oxygens (including phenoxy) is 6. The predicted octanol–water partition coefficient (Wildman–Crippen LogP) is 5.13. The van der Waals surface area contributed by atoms with E-state index in [4.69, 9.17) is 28.4 Å². The minimum atomic E-state index is -0.295. The van der Waals surface area contributed by atoms with Crippen molar-refractivity contribution < 1.29 is 28.4 Å². The van der Waals surface area contributed by atoms with Crippen LogP contribution in [0, 0.1) is 6.92 Å². The van der Waals surface area contributed by atoms with Gasteiger partial charge >= 0.3 is 0 Å². The molecule has 5 rings (SSSR count). The second-order valence-electron chi connectivity index (χ2n) is 10.8. The third-order valence-electron chi connectivity index (χ3n) is 8.05. The normalized spacial score (nSPS) is 13.5. The standard InChI is InChI=1S/C34H43N3O6/c1-26-8-10-28-29-11-9-27(37-33-7-5-4-6-32(33)35-36-37)25-31(29)34(30(28)24-26,12-14-40-20-22-42-18-16-38-2)13-15-41-21-23-43-19-17-39-3/h4-11,24-25H,12-23H2,1-3H3. The van der Waals surface area contributed by atoms with Gasteiger partial charge in [-0.1, -0.05) is 47.2 Å². The van der Waals surface area contributed by atoms with Crippen LogP contribution in [0.25, 0.3) is 27.8 Å². The predicted molar refractivity (Wildman–Crippen MR) is 166 cm³/mol. The van der Waals surface area contributed by atoms with Crippen molar-refractivity contribution in [3.8, 4) is 16.8 Å². The number of fused-ring (bicyclic) bond motifs is 4. The zero-order valence-electron chi connectivity index (χ0n) is 25.5. The van der Waals surface area contributed by atoms with Gasteiger partial charge in [0.25, 0.3) is 0 Å². The molecule has 0 fully saturated rings. The zero-order valence-corrected chi connectivity index (χ0v) is 25.5. The Bertz CT molecular complexity index is 1440. The van der Waals surface area contributed by atoms with E-state index in [9.17, 15) is 0 Å². The molecule has 0 atom stereocenters. The summed E-state index contributed by atoms with van der Waals surface area (Å²) in [5, 5.41) is 8.91. The van der Waals surface area contributed by atoms with Crippen molar-refractivity contribution in [2.24, 2.45) is 0 Å². The number of rotatable bonds is 19. The second kappa shape index (κ2) is 15.5. The summed E-state index contributed by atoms with van der Waals surface area (Å²) in [5.41, 5.74) is 8.88. The summed E-state index contributed by atoms with van der Waals surface area (Å²) < 4.78 is 35.6. The lowest BCUT2D eigenvalue weighted by Crippen LogP contribution is -2.30. The van der Waals surface area contributed by atoms with Gasteiger partial charge in [-0.3, -0.25) is 0 Å². The molecule has 0 saturated carbocycles. The van der Waals surface area contributed by atoms with Crippen LogP contribution in [0.1, 0.15) is 29.5 Å². The first kappa shape index (κ1) is 31.3. The molecule has 1 aliphatic carbocycles. The number of nitrogens with zero attached hydrogens (tertiary/aromatic N) is 3. The maximum atomic E-state index is 6.14. The fraction of sp³-hybridized carbons (Fsp3) is 0.471. The fourth-order valence-corrected chi connectivity index (χ4v) is 5.87. The van der Waals surface area contributed by atoms with Crippen molar-refractivity contribution in [1.29, 1.82) is 0 Å². The Balaban J connectivity index is 1.42. The van der Waals surface area contributed by atoms with Crippen LogP contribution in [-0.2, 0) is 33.8 Å². The number of hydrogen-bond acceptors (Lipinski definition) is 8. The molecule has 3 aromatic carbocycles. The lowest BCUT2D eigenvalue weighted by atomic mass is 9.73. The van der Waals surface area contributed by atoms with Gasteiger partial charge in [-0.15, -0.1) is 5.10 Å². The third-order valence-corrected chi connectivity index (χ3v) is 8.05. The van der Waals surface area contributed by atoms with Crippen LogP contribution < -0.4 is 0 Å². The molecule has 43 heavy (non-hydrogen) atoms. The maximum Gasteiger partial charge on any atom is 0.113 e. The molecule has 9 nitrogen and oxygen atoms in total. The lowest BCUT2D eigenvalue weighted by Gasteiger charge is -2.33. The lowest BCUT2D eigenvalue weighted by molar-refractivity contribution is 0.0145. The van der Waals surface area contributed by atoms with Crippen LogP contribution in [0.2, 0.25) is 0 Å². The summed E-state index contributed by atoms with van der Waals surface area (Å²) in [4.78, 5) is 0. The third kappa shape index (κ3) is 7.32. The Morgan fingerprint density at radius 2 is 1.19 bits per heavy atom. The van der Waals surface area contributed by atoms with Crippen LogP contribution in [0.4, 0.5) is 0 Å². The summed E-state index contributed by atoms with van der Waals surface area (Å²) in [6.45, 7) is 7.79. The summed E-state index contributed by atoms with van der Waals surface area (Å²) in [6.07, 6.45) is 1.62. The molecule has 0 spiro atoms. The molecule has 0 N–H and O–H groups in total. The van der Waals surface area contributed by atoms with Gasteiger partial charge in [0, 0.05) is 32.8 Å². The van der Waals surface area contributed by atoms with Gasteiger partial charge in [-0.2, -0.15) is 0 Å². The van der Waals surface area contributed by atoms with Crippen LogP contribution in [-0.4, -0.2) is 95.3 Å². The van der Waals surface area contributed by atoms with E-state index in [0.717, 1.165) is 29.6 Å². The molecule has 1 aliphatic rings. The fourth-order valence-electron chi connectivity index (χ4n) is 5.87. The SMILES string of the molecule is COCCOCCOCCC1(CCOCCOCCOC)c2cc(C)ccc2-c2ccc(-n3nnc4ccccc43)cc21. The van der Waals surface area contributed by atoms with Gasteiger partial charge in [0.05, 0.1) is 64.1 Å². The van der Waals surface area contributed by atoms with E-state index in [0.29, 0.717) is 66.1 Å². The molecule has 0 aliphatic heterocycles. The molecule has 4 aromatic rings. The highest BCUT2D eigenvalue weighted by Crippen LogP contribution is 2.53. The summed E-state index contributed by atoms with van der Waals surface area (Å²) in [5.74, 6) is 0. The largest absolute Gasteiger partial charge is 0.382 e. The van der Waals surface area contributed by atoms with E-state index in [1.165, 1.54) is 27.8 Å². The highest BCUT2D eigenvalue weighted by molar-refractivity contribution is 5.83. The topological polar surface area (TPSA) is 86.1 Å². The first-order chi connectivity index (χ1) is 21.2. The molecule has 0 unspecified atom stereocenters. The highest BCUT2D eigenvalue weighted by atomic mass is 16.5. The number of para-hydroxylation sites is 1. The van der Waals surface area contributed by atoms with Crippen LogP contribution in [0.15, 0.2) is 60.7 Å². The number of hydrogen-bond donors (Lipinski definition) is 0. The van der Waals surface area contributed by atoms with Crippen molar-refractivity contribution in [3.63, 3.8) is 0 Å². The van der Waals surface area contributed by atoms with E-state index in [1.54, 1.807) is 14.2 Å². The second-order valence-corrected chi connectivity index (χ2v) is 10.8. The average molecular weight is 590 g/mol. The summed E-state index contributed by atoms with van der Waals surface area (Å²) in [6, 6.07) is 21.5. The molecule has 230 valence electrons. The van der Waals surface area contributed by atoms with Gasteiger partial charge in [0.15, 0.2) is 0 Å². The Labute approximate surface area is 254 Å². The zero-order chi connectivity index (χ0) is 29.9. The number of aryl methyl sites for hydroxylation is 1. The first-order valence-electron chi connectivity index (χ1n) is 15.0. The average Bonchev–Trinajstić information content (AvgIpc) is 3.57. The van der Waals surface area contributed by atoms with E-state index in [-0.39, 0.29) is 5.41 Å². The van der Waals surface area contributed by atoms with E-state index >= 15 is 0 Å². The molecular weight excluding hydrogens is 546 g/mol. The van der Waals surface area contributed by atoms with Gasteiger partial charge in [-0.25, -0.2) is 4.68 Å². The van der Waals surface area contributed by atoms with Gasteiger partial charge in [-0.05, 0) is 66.3 Å². The molecule has 9 heteroatoms. The monoisotopic (exact) mass is 589 g/mol. The van der Waals surface area contributed by atoms with Gasteiger partial charge in [0.1, 0.15) is 5.52 Å². The molecule has 0 amide bonds. The Kier molecular flexibility index (Phi) is 11.3. The van der Waals surface area contributed by atoms with Crippen molar-refractivity contribution in [2.45, 2.75) is 25.2 Å². The quantitative estimate of drug-likeness (QED) is 0.139. The van der Waals surface area contributed by atoms with E-state index < -0.39 is 0 Å². The van der Waals surface area contributed by atoms with Gasteiger partial charge in [0.2, 0.25) is 0 Å². The summed E-state index contributed by atoms with van der Waals surface area (Å²) >= 11 is 0. The van der Waals surface area contributed by atoms with Crippen molar-refractivity contribution >= 4 is 11.0 Å². The number of benzene rings is 3. The Hall–Kier alpha value is -3.18. The summed E-state index contributed by atoms with van der Waals surface area (Å²) in [7, 11) is 3.35. The minimum absolute atomic E-state index is 0.295. The number of aromatic nitrogens is 3. The van der Waals surface area contributed by atoms with E-state index in [2.05, 4.69) is 59.7 Å². The molecule has 0 radical (unpaired) electrons. The van der Waals surface area contributed by atoms with Crippen molar-refractivity contribution in [1.82, 2.24) is 15.0 Å². The van der Waals surface area contributed by atoms with Crippen LogP contribution in [0.5, 0.6) is 0 Å². The number of methoxy groups -OCH3 is 2. The minimum Gasteiger partial charge on any atom is -0.382 e. The molecule has 0 bridgehead atoms. The van der Waals surface area contributed by atoms with Crippen LogP contribution in [0.3, 0.4) is 0 Å². The Morgan fingerprint density at radius 3 is 1.84 bits per heavy atom. The molecule has 1 aromatic heterocycles. The molecule has 0 saturated heterocycles. The van der Waals surface area contributed by atoms with Crippen molar-refractivity contribution in [3.05, 3.63) is 77.4 Å². The molecular formula is C34H43N3O6. The van der Waals surface area contributed by atoms with Gasteiger partial charge < -0.3 is 28.4 Å². The highest BCUT2D eigenvalue weighted by Gasteiger charge is 2.43. The Morgan fingerprint density at radius 1 is 0.628 bits per heavy atom. The first-order valence-corrected chi connectivity index (χ1v) is 15.0. The van der Waals surface area contributed by atoms with E-state index in [1.807, 2.05) is 22.9 Å². The maximum absolute atomic E-state index is 6.14. The van der Waals surface area contributed by atoms with Crippen LogP contribution >= 0.6 is 0 Å². The molecule has 1 heterocycles. The van der Waals surface area contributed by atoms with Crippen molar-refractivity contribution in [2.75, 3.05) is 80.3 Å². The smallest absolute Gasteiger partial charge is 0.113 e.